The Morgan fingerprint density at radius 3 is 2.86 bits per heavy atom. The molecule has 74 valence electrons. The van der Waals surface area contributed by atoms with E-state index in [0.29, 0.717) is 0 Å². The maximum Gasteiger partial charge on any atom is 0.142 e. The van der Waals surface area contributed by atoms with Gasteiger partial charge in [0.1, 0.15) is 5.75 Å². The van der Waals surface area contributed by atoms with Gasteiger partial charge in [-0.2, -0.15) is 0 Å². The van der Waals surface area contributed by atoms with Crippen molar-refractivity contribution in [2.45, 2.75) is 0 Å². The minimum absolute atomic E-state index is 0.804. The number of benzene rings is 1. The second-order valence-corrected chi connectivity index (χ2v) is 3.59. The lowest BCUT2D eigenvalue weighted by molar-refractivity contribution is 0.417. The molecule has 0 aromatic heterocycles. The van der Waals surface area contributed by atoms with Crippen molar-refractivity contribution in [2.24, 2.45) is 0 Å². The van der Waals surface area contributed by atoms with Gasteiger partial charge in [0.05, 0.1) is 17.8 Å². The van der Waals surface area contributed by atoms with Crippen LogP contribution in [-0.4, -0.2) is 7.11 Å². The van der Waals surface area contributed by atoms with Crippen molar-refractivity contribution in [2.75, 3.05) is 12.4 Å². The first kappa shape index (κ1) is 10.7. The topological polar surface area (TPSA) is 21.3 Å². The third-order valence-corrected chi connectivity index (χ3v) is 2.16. The standard InChI is InChI=1S/C11H13NOS/c1-4-14-9(2)12-10-7-5-6-8-11(10)13-3/h4-8,12H,1-2H2,3H3. The molecule has 2 nitrogen and oxygen atoms in total. The van der Waals surface area contributed by atoms with Gasteiger partial charge in [-0.1, -0.05) is 37.1 Å². The fourth-order valence-corrected chi connectivity index (χ4v) is 1.40. The van der Waals surface area contributed by atoms with E-state index in [9.17, 15) is 0 Å². The van der Waals surface area contributed by atoms with E-state index in [2.05, 4.69) is 18.5 Å². The molecule has 0 aliphatic rings. The van der Waals surface area contributed by atoms with E-state index >= 15 is 0 Å². The first-order valence-electron chi connectivity index (χ1n) is 4.14. The van der Waals surface area contributed by atoms with Gasteiger partial charge in [-0.3, -0.25) is 0 Å². The molecule has 14 heavy (non-hydrogen) atoms. The molecule has 0 radical (unpaired) electrons. The van der Waals surface area contributed by atoms with Crippen LogP contribution in [0.2, 0.25) is 0 Å². The largest absolute Gasteiger partial charge is 0.495 e. The van der Waals surface area contributed by atoms with Crippen molar-refractivity contribution in [1.82, 2.24) is 0 Å². The van der Waals surface area contributed by atoms with E-state index in [-0.39, 0.29) is 0 Å². The van der Waals surface area contributed by atoms with Crippen LogP contribution in [0.5, 0.6) is 5.75 Å². The normalized spacial score (nSPS) is 9.21. The van der Waals surface area contributed by atoms with Crippen LogP contribution in [0.25, 0.3) is 0 Å². The number of para-hydroxylation sites is 2. The molecule has 0 aliphatic carbocycles. The Kier molecular flexibility index (Phi) is 4.13. The fraction of sp³-hybridized carbons (Fsp3) is 0.0909. The average Bonchev–Trinajstić information content (AvgIpc) is 2.19. The number of rotatable bonds is 5. The molecule has 3 heteroatoms. The Balaban J connectivity index is 2.74. The molecule has 0 heterocycles. The van der Waals surface area contributed by atoms with Crippen LogP contribution in [0, 0.1) is 0 Å². The number of hydrogen-bond donors (Lipinski definition) is 1. The zero-order valence-corrected chi connectivity index (χ0v) is 8.93. The van der Waals surface area contributed by atoms with Crippen LogP contribution in [0.1, 0.15) is 0 Å². The summed E-state index contributed by atoms with van der Waals surface area (Å²) in [5.74, 6) is 0.804. The SMILES string of the molecule is C=CSC(=C)Nc1ccccc1OC. The third-order valence-electron chi connectivity index (χ3n) is 1.61. The van der Waals surface area contributed by atoms with E-state index < -0.39 is 0 Å². The Hall–Kier alpha value is -1.35. The van der Waals surface area contributed by atoms with E-state index in [1.165, 1.54) is 11.8 Å². The average molecular weight is 207 g/mol. The molecular formula is C11H13NOS. The van der Waals surface area contributed by atoms with Gasteiger partial charge in [0.25, 0.3) is 0 Å². The van der Waals surface area contributed by atoms with Crippen molar-refractivity contribution in [3.63, 3.8) is 0 Å². The third kappa shape index (κ3) is 2.85. The Labute approximate surface area is 88.7 Å². The second kappa shape index (κ2) is 5.40. The van der Waals surface area contributed by atoms with Crippen LogP contribution in [-0.2, 0) is 0 Å². The first-order chi connectivity index (χ1) is 6.77. The highest BCUT2D eigenvalue weighted by molar-refractivity contribution is 8.05. The molecular weight excluding hydrogens is 194 g/mol. The summed E-state index contributed by atoms with van der Waals surface area (Å²) in [5.41, 5.74) is 0.911. The second-order valence-electron chi connectivity index (χ2n) is 2.53. The molecule has 1 aromatic carbocycles. The van der Waals surface area contributed by atoms with Crippen LogP contribution in [0.3, 0.4) is 0 Å². The molecule has 1 N–H and O–H groups in total. The molecule has 0 spiro atoms. The van der Waals surface area contributed by atoms with Crippen LogP contribution in [0.4, 0.5) is 5.69 Å². The summed E-state index contributed by atoms with van der Waals surface area (Å²) >= 11 is 1.45. The van der Waals surface area contributed by atoms with Gasteiger partial charge in [-0.25, -0.2) is 0 Å². The summed E-state index contributed by atoms with van der Waals surface area (Å²) in [6.45, 7) is 7.46. The number of nitrogens with one attached hydrogen (secondary N) is 1. The summed E-state index contributed by atoms with van der Waals surface area (Å²) in [6, 6.07) is 7.70. The number of thioether (sulfide) groups is 1. The van der Waals surface area contributed by atoms with Crippen LogP contribution in [0.15, 0.2) is 47.9 Å². The maximum atomic E-state index is 5.19. The highest BCUT2D eigenvalue weighted by atomic mass is 32.2. The molecule has 0 unspecified atom stereocenters. The minimum atomic E-state index is 0.804. The van der Waals surface area contributed by atoms with Crippen molar-refractivity contribution in [3.05, 3.63) is 47.9 Å². The lowest BCUT2D eigenvalue weighted by Crippen LogP contribution is -1.96. The van der Waals surface area contributed by atoms with Crippen molar-refractivity contribution >= 4 is 17.4 Å². The zero-order valence-electron chi connectivity index (χ0n) is 8.12. The lowest BCUT2D eigenvalue weighted by atomic mass is 10.3. The maximum absolute atomic E-state index is 5.19. The highest BCUT2D eigenvalue weighted by Crippen LogP contribution is 2.26. The summed E-state index contributed by atoms with van der Waals surface area (Å²) in [4.78, 5) is 0. The van der Waals surface area contributed by atoms with E-state index in [1.54, 1.807) is 12.5 Å². The monoisotopic (exact) mass is 207 g/mol. The molecule has 0 fully saturated rings. The van der Waals surface area contributed by atoms with E-state index in [4.69, 9.17) is 4.74 Å². The first-order valence-corrected chi connectivity index (χ1v) is 5.02. The van der Waals surface area contributed by atoms with Gasteiger partial charge in [0.2, 0.25) is 0 Å². The van der Waals surface area contributed by atoms with Gasteiger partial charge < -0.3 is 10.1 Å². The van der Waals surface area contributed by atoms with Crippen LogP contribution >= 0.6 is 11.8 Å². The fourth-order valence-electron chi connectivity index (χ4n) is 1.03. The molecule has 0 aliphatic heterocycles. The van der Waals surface area contributed by atoms with Gasteiger partial charge >= 0.3 is 0 Å². The number of hydrogen-bond acceptors (Lipinski definition) is 3. The zero-order chi connectivity index (χ0) is 10.4. The highest BCUT2D eigenvalue weighted by Gasteiger charge is 2.01. The molecule has 0 atom stereocenters. The molecule has 0 saturated heterocycles. The van der Waals surface area contributed by atoms with Gasteiger partial charge in [-0.15, -0.1) is 0 Å². The van der Waals surface area contributed by atoms with Gasteiger partial charge in [0, 0.05) is 0 Å². The Morgan fingerprint density at radius 1 is 1.50 bits per heavy atom. The molecule has 0 bridgehead atoms. The number of ether oxygens (including phenoxy) is 1. The quantitative estimate of drug-likeness (QED) is 0.799. The summed E-state index contributed by atoms with van der Waals surface area (Å²) in [5, 5.41) is 5.69. The van der Waals surface area contributed by atoms with Crippen molar-refractivity contribution < 1.29 is 4.74 Å². The number of anilines is 1. The van der Waals surface area contributed by atoms with Gasteiger partial charge in [0.15, 0.2) is 0 Å². The predicted octanol–water partition coefficient (Wildman–Crippen LogP) is 3.46. The molecule has 1 aromatic rings. The summed E-state index contributed by atoms with van der Waals surface area (Å²) < 4.78 is 5.19. The van der Waals surface area contributed by atoms with Crippen LogP contribution < -0.4 is 10.1 Å². The van der Waals surface area contributed by atoms with Crippen molar-refractivity contribution in [1.29, 1.82) is 0 Å². The van der Waals surface area contributed by atoms with E-state index in [1.807, 2.05) is 24.3 Å². The Morgan fingerprint density at radius 2 is 2.21 bits per heavy atom. The molecule has 0 saturated carbocycles. The summed E-state index contributed by atoms with van der Waals surface area (Å²) in [7, 11) is 1.64. The van der Waals surface area contributed by atoms with Crippen molar-refractivity contribution in [3.8, 4) is 5.75 Å². The molecule has 0 amide bonds. The Bertz CT molecular complexity index is 336. The van der Waals surface area contributed by atoms with E-state index in [0.717, 1.165) is 16.5 Å². The minimum Gasteiger partial charge on any atom is -0.495 e. The smallest absolute Gasteiger partial charge is 0.142 e. The van der Waals surface area contributed by atoms with Gasteiger partial charge in [-0.05, 0) is 17.5 Å². The lowest BCUT2D eigenvalue weighted by Gasteiger charge is -2.10. The summed E-state index contributed by atoms with van der Waals surface area (Å²) in [6.07, 6.45) is 0. The number of methoxy groups -OCH3 is 1. The molecule has 1 rings (SSSR count). The predicted molar refractivity (Wildman–Crippen MR) is 63.5 cm³/mol.